The van der Waals surface area contributed by atoms with Gasteiger partial charge in [-0.3, -0.25) is 4.79 Å². The number of hydrogen-bond acceptors (Lipinski definition) is 3. The molecule has 0 atom stereocenters. The van der Waals surface area contributed by atoms with E-state index in [-0.39, 0.29) is 30.7 Å². The quantitative estimate of drug-likeness (QED) is 0.843. The molecule has 0 saturated heterocycles. The van der Waals surface area contributed by atoms with Crippen molar-refractivity contribution in [1.29, 1.82) is 0 Å². The number of carbonyl (C=O) groups is 1. The van der Waals surface area contributed by atoms with E-state index in [0.717, 1.165) is 35.5 Å². The molecule has 2 aromatic rings. The fourth-order valence-electron chi connectivity index (χ4n) is 2.17. The highest BCUT2D eigenvalue weighted by molar-refractivity contribution is 5.85. The number of fused-ring (bicyclic) bond motifs is 1. The fourth-order valence-corrected chi connectivity index (χ4v) is 2.17. The van der Waals surface area contributed by atoms with Crippen molar-refractivity contribution in [2.24, 2.45) is 0 Å². The molecule has 1 aromatic carbocycles. The smallest absolute Gasteiger partial charge is 0.222 e. The molecular weight excluding hydrogens is 323 g/mol. The number of aryl methyl sites for hydroxylation is 2. The van der Waals surface area contributed by atoms with Crippen molar-refractivity contribution in [3.8, 4) is 0 Å². The van der Waals surface area contributed by atoms with Crippen LogP contribution in [-0.4, -0.2) is 48.0 Å². The van der Waals surface area contributed by atoms with Crippen molar-refractivity contribution in [2.75, 3.05) is 27.2 Å². The number of likely N-dealkylation sites (N-methyl/N-ethyl adjacent to an activating group) is 2. The summed E-state index contributed by atoms with van der Waals surface area (Å²) in [6, 6.07) is 6.07. The van der Waals surface area contributed by atoms with Crippen molar-refractivity contribution in [3.05, 3.63) is 29.6 Å². The van der Waals surface area contributed by atoms with E-state index in [4.69, 9.17) is 0 Å². The second-order valence-corrected chi connectivity index (χ2v) is 5.07. The summed E-state index contributed by atoms with van der Waals surface area (Å²) in [5.74, 6) is 1.03. The number of nitrogens with one attached hydrogen (secondary N) is 2. The van der Waals surface area contributed by atoms with E-state index < -0.39 is 0 Å². The van der Waals surface area contributed by atoms with Crippen LogP contribution in [0.3, 0.4) is 0 Å². The summed E-state index contributed by atoms with van der Waals surface area (Å²) in [4.78, 5) is 21.6. The van der Waals surface area contributed by atoms with Gasteiger partial charge in [-0.05, 0) is 25.6 Å². The topological polar surface area (TPSA) is 61.0 Å². The Morgan fingerprint density at radius 2 is 2.09 bits per heavy atom. The first-order valence-corrected chi connectivity index (χ1v) is 6.94. The molecule has 1 heterocycles. The van der Waals surface area contributed by atoms with Gasteiger partial charge in [-0.2, -0.15) is 0 Å². The molecule has 0 aliphatic heterocycles. The Kier molecular flexibility index (Phi) is 9.09. The average Bonchev–Trinajstić information content (AvgIpc) is 2.86. The Morgan fingerprint density at radius 3 is 2.73 bits per heavy atom. The Morgan fingerprint density at radius 1 is 1.36 bits per heavy atom. The van der Waals surface area contributed by atoms with Crippen LogP contribution in [0.4, 0.5) is 0 Å². The van der Waals surface area contributed by atoms with E-state index in [2.05, 4.69) is 15.3 Å². The zero-order chi connectivity index (χ0) is 14.5. The van der Waals surface area contributed by atoms with Gasteiger partial charge in [0, 0.05) is 33.0 Å². The molecule has 0 fully saturated rings. The zero-order valence-corrected chi connectivity index (χ0v) is 14.8. The number of nitrogens with zero attached hydrogens (tertiary/aromatic N) is 2. The molecule has 0 aliphatic rings. The Balaban J connectivity index is 0.00000220. The standard InChI is InChI=1S/C15H22N4O.2ClH/c1-11-5-4-6-12-15(11)18-13(17-12)7-8-14(20)19(3)10-9-16-2;;/h4-6,16H,7-10H2,1-3H3,(H,17,18);2*1H. The van der Waals surface area contributed by atoms with Crippen molar-refractivity contribution in [1.82, 2.24) is 20.2 Å². The van der Waals surface area contributed by atoms with Gasteiger partial charge in [-0.25, -0.2) is 4.98 Å². The summed E-state index contributed by atoms with van der Waals surface area (Å²) in [5, 5.41) is 3.04. The number of benzene rings is 1. The van der Waals surface area contributed by atoms with Gasteiger partial charge < -0.3 is 15.2 Å². The van der Waals surface area contributed by atoms with Crippen molar-refractivity contribution >= 4 is 41.8 Å². The summed E-state index contributed by atoms with van der Waals surface area (Å²) in [7, 11) is 3.72. The lowest BCUT2D eigenvalue weighted by Crippen LogP contribution is -2.32. The fraction of sp³-hybridized carbons (Fsp3) is 0.467. The molecule has 0 unspecified atom stereocenters. The number of carbonyl (C=O) groups excluding carboxylic acids is 1. The largest absolute Gasteiger partial charge is 0.344 e. The van der Waals surface area contributed by atoms with Gasteiger partial charge in [0.15, 0.2) is 0 Å². The Hall–Kier alpha value is -1.30. The molecule has 22 heavy (non-hydrogen) atoms. The lowest BCUT2D eigenvalue weighted by atomic mass is 10.2. The van der Waals surface area contributed by atoms with Crippen LogP contribution >= 0.6 is 24.8 Å². The zero-order valence-electron chi connectivity index (χ0n) is 13.2. The number of aromatic amines is 1. The minimum atomic E-state index is 0. The lowest BCUT2D eigenvalue weighted by molar-refractivity contribution is -0.129. The number of halogens is 2. The monoisotopic (exact) mass is 346 g/mol. The van der Waals surface area contributed by atoms with Crippen LogP contribution in [0, 0.1) is 6.92 Å². The van der Waals surface area contributed by atoms with Gasteiger partial charge in [-0.1, -0.05) is 12.1 Å². The molecule has 7 heteroatoms. The van der Waals surface area contributed by atoms with E-state index in [9.17, 15) is 4.79 Å². The van der Waals surface area contributed by atoms with Crippen LogP contribution in [0.15, 0.2) is 18.2 Å². The van der Waals surface area contributed by atoms with Crippen LogP contribution in [0.1, 0.15) is 17.8 Å². The summed E-state index contributed by atoms with van der Waals surface area (Å²) < 4.78 is 0. The van der Waals surface area contributed by atoms with Gasteiger partial charge in [0.2, 0.25) is 5.91 Å². The molecule has 0 saturated carbocycles. The van der Waals surface area contributed by atoms with E-state index in [1.807, 2.05) is 39.2 Å². The molecular formula is C15H24Cl2N4O. The minimum Gasteiger partial charge on any atom is -0.344 e. The predicted octanol–water partition coefficient (Wildman–Crippen LogP) is 2.33. The predicted molar refractivity (Wildman–Crippen MR) is 95.2 cm³/mol. The van der Waals surface area contributed by atoms with Crippen molar-refractivity contribution < 1.29 is 4.79 Å². The summed E-state index contributed by atoms with van der Waals surface area (Å²) in [6.07, 6.45) is 1.13. The van der Waals surface area contributed by atoms with Gasteiger partial charge >= 0.3 is 0 Å². The van der Waals surface area contributed by atoms with Crippen molar-refractivity contribution in [3.63, 3.8) is 0 Å². The third-order valence-electron chi connectivity index (χ3n) is 3.46. The van der Waals surface area contributed by atoms with E-state index in [1.165, 1.54) is 0 Å². The first-order chi connectivity index (χ1) is 9.61. The molecule has 1 amide bonds. The summed E-state index contributed by atoms with van der Waals surface area (Å²) >= 11 is 0. The van der Waals surface area contributed by atoms with Crippen LogP contribution in [0.2, 0.25) is 0 Å². The van der Waals surface area contributed by atoms with Crippen LogP contribution < -0.4 is 5.32 Å². The van der Waals surface area contributed by atoms with E-state index in [1.54, 1.807) is 4.90 Å². The van der Waals surface area contributed by atoms with Crippen LogP contribution in [0.5, 0.6) is 0 Å². The highest BCUT2D eigenvalue weighted by atomic mass is 35.5. The maximum Gasteiger partial charge on any atom is 0.222 e. The highest BCUT2D eigenvalue weighted by Gasteiger charge is 2.10. The molecule has 0 aliphatic carbocycles. The SMILES string of the molecule is CNCCN(C)C(=O)CCc1nc2c(C)cccc2[nH]1.Cl.Cl. The summed E-state index contributed by atoms with van der Waals surface area (Å²) in [5.41, 5.74) is 3.19. The van der Waals surface area contributed by atoms with Gasteiger partial charge in [-0.15, -0.1) is 24.8 Å². The van der Waals surface area contributed by atoms with Crippen molar-refractivity contribution in [2.45, 2.75) is 19.8 Å². The normalized spacial score (nSPS) is 9.95. The van der Waals surface area contributed by atoms with E-state index in [0.29, 0.717) is 12.8 Å². The first kappa shape index (κ1) is 20.7. The Bertz CT molecular complexity index is 600. The molecule has 124 valence electrons. The van der Waals surface area contributed by atoms with Gasteiger partial charge in [0.05, 0.1) is 11.0 Å². The van der Waals surface area contributed by atoms with Gasteiger partial charge in [0.25, 0.3) is 0 Å². The third kappa shape index (κ3) is 5.16. The maximum atomic E-state index is 12.0. The maximum absolute atomic E-state index is 12.0. The third-order valence-corrected chi connectivity index (χ3v) is 3.46. The van der Waals surface area contributed by atoms with Crippen LogP contribution in [-0.2, 0) is 11.2 Å². The second-order valence-electron chi connectivity index (χ2n) is 5.07. The minimum absolute atomic E-state index is 0. The second kappa shape index (κ2) is 9.66. The number of imidazole rings is 1. The molecule has 0 bridgehead atoms. The number of amides is 1. The summed E-state index contributed by atoms with van der Waals surface area (Å²) in [6.45, 7) is 3.59. The number of H-pyrrole nitrogens is 1. The van der Waals surface area contributed by atoms with E-state index >= 15 is 0 Å². The number of para-hydroxylation sites is 1. The molecule has 0 radical (unpaired) electrons. The highest BCUT2D eigenvalue weighted by Crippen LogP contribution is 2.16. The average molecular weight is 347 g/mol. The molecule has 0 spiro atoms. The number of hydrogen-bond donors (Lipinski definition) is 2. The molecule has 2 rings (SSSR count). The van der Waals surface area contributed by atoms with Crippen LogP contribution in [0.25, 0.3) is 11.0 Å². The van der Waals surface area contributed by atoms with Gasteiger partial charge in [0.1, 0.15) is 5.82 Å². The Labute approximate surface area is 143 Å². The molecule has 5 nitrogen and oxygen atoms in total. The molecule has 1 aromatic heterocycles. The molecule has 2 N–H and O–H groups in total. The lowest BCUT2D eigenvalue weighted by Gasteiger charge is -2.16. The number of rotatable bonds is 6. The number of aromatic nitrogens is 2. The first-order valence-electron chi connectivity index (χ1n) is 6.94.